The average molecular weight is 383 g/mol. The van der Waals surface area contributed by atoms with Crippen molar-refractivity contribution >= 4 is 23.6 Å². The molecule has 0 radical (unpaired) electrons. The predicted molar refractivity (Wildman–Crippen MR) is 111 cm³/mol. The van der Waals surface area contributed by atoms with Crippen molar-refractivity contribution in [3.05, 3.63) is 71.3 Å². The van der Waals surface area contributed by atoms with Gasteiger partial charge in [0.1, 0.15) is 6.04 Å². The summed E-state index contributed by atoms with van der Waals surface area (Å²) in [6.07, 6.45) is 0.865. The number of nitrogens with zero attached hydrogens (tertiary/aromatic N) is 1. The van der Waals surface area contributed by atoms with E-state index in [1.807, 2.05) is 56.3 Å². The van der Waals surface area contributed by atoms with Gasteiger partial charge in [0, 0.05) is 29.7 Å². The molecule has 0 bridgehead atoms. The van der Waals surface area contributed by atoms with Crippen LogP contribution in [0.4, 0.5) is 0 Å². The molecule has 1 aliphatic rings. The van der Waals surface area contributed by atoms with E-state index in [4.69, 9.17) is 0 Å². The van der Waals surface area contributed by atoms with Gasteiger partial charge in [0.15, 0.2) is 0 Å². The molecule has 142 valence electrons. The molecule has 0 saturated carbocycles. The Morgan fingerprint density at radius 2 is 1.85 bits per heavy atom. The first-order valence-corrected chi connectivity index (χ1v) is 10.6. The quantitative estimate of drug-likeness (QED) is 0.754. The summed E-state index contributed by atoms with van der Waals surface area (Å²) in [4.78, 5) is 27.5. The molecule has 2 atom stereocenters. The smallest absolute Gasteiger partial charge is 0.255 e. The number of nitrogens with one attached hydrogen (secondary N) is 1. The highest BCUT2D eigenvalue weighted by atomic mass is 32.2. The van der Waals surface area contributed by atoms with Gasteiger partial charge in [-0.15, -0.1) is 0 Å². The van der Waals surface area contributed by atoms with Crippen LogP contribution in [0, 0.1) is 0 Å². The summed E-state index contributed by atoms with van der Waals surface area (Å²) < 4.78 is 0. The van der Waals surface area contributed by atoms with Gasteiger partial charge in [-0.2, -0.15) is 11.8 Å². The van der Waals surface area contributed by atoms with Crippen LogP contribution in [0.25, 0.3) is 0 Å². The van der Waals surface area contributed by atoms with Gasteiger partial charge in [-0.1, -0.05) is 55.5 Å². The predicted octanol–water partition coefficient (Wildman–Crippen LogP) is 3.86. The number of hydrogen-bond acceptors (Lipinski definition) is 3. The summed E-state index contributed by atoms with van der Waals surface area (Å²) in [6.45, 7) is 4.53. The lowest BCUT2D eigenvalue weighted by atomic mass is 10.1. The largest absolute Gasteiger partial charge is 0.352 e. The highest BCUT2D eigenvalue weighted by molar-refractivity contribution is 7.98. The topological polar surface area (TPSA) is 49.4 Å². The second-order valence-corrected chi connectivity index (χ2v) is 7.95. The second kappa shape index (κ2) is 9.09. The molecule has 3 rings (SSSR count). The van der Waals surface area contributed by atoms with Crippen molar-refractivity contribution in [2.45, 2.75) is 44.6 Å². The van der Waals surface area contributed by atoms with Crippen molar-refractivity contribution in [3.63, 3.8) is 0 Å². The zero-order valence-electron chi connectivity index (χ0n) is 15.9. The van der Waals surface area contributed by atoms with E-state index in [1.165, 1.54) is 5.56 Å². The van der Waals surface area contributed by atoms with E-state index in [1.54, 1.807) is 16.7 Å². The molecule has 2 aromatic rings. The fourth-order valence-electron chi connectivity index (χ4n) is 3.14. The molecule has 0 unspecified atom stereocenters. The van der Waals surface area contributed by atoms with Crippen LogP contribution in [0.15, 0.2) is 54.6 Å². The molecule has 1 N–H and O–H groups in total. The number of carbonyl (C=O) groups is 2. The van der Waals surface area contributed by atoms with Crippen LogP contribution in [-0.2, 0) is 17.1 Å². The van der Waals surface area contributed by atoms with Gasteiger partial charge in [0.2, 0.25) is 5.91 Å². The Morgan fingerprint density at radius 3 is 2.56 bits per heavy atom. The van der Waals surface area contributed by atoms with Gasteiger partial charge in [-0.3, -0.25) is 9.59 Å². The zero-order valence-corrected chi connectivity index (χ0v) is 16.7. The number of benzene rings is 2. The Hall–Kier alpha value is -2.27. The molecule has 0 aliphatic carbocycles. The number of rotatable bonds is 8. The van der Waals surface area contributed by atoms with E-state index in [9.17, 15) is 9.59 Å². The maximum absolute atomic E-state index is 12.9. The first kappa shape index (κ1) is 19.5. The standard InChI is InChI=1S/C22H26N2O2S/c1-3-16(2)23-21(25)20(15-27-14-17-9-5-4-6-10-17)24-13-18-11-7-8-12-19(18)22(24)26/h4-12,16,20H,3,13-15H2,1-2H3,(H,23,25)/t16-,20-/m0/s1. The number of thioether (sulfide) groups is 1. The fourth-order valence-corrected chi connectivity index (χ4v) is 4.24. The lowest BCUT2D eigenvalue weighted by molar-refractivity contribution is -0.125. The molecular formula is C22H26N2O2S. The van der Waals surface area contributed by atoms with Gasteiger partial charge >= 0.3 is 0 Å². The van der Waals surface area contributed by atoms with E-state index in [0.29, 0.717) is 17.9 Å². The van der Waals surface area contributed by atoms with E-state index in [-0.39, 0.29) is 17.9 Å². The van der Waals surface area contributed by atoms with Crippen molar-refractivity contribution in [2.75, 3.05) is 5.75 Å². The van der Waals surface area contributed by atoms with Crippen molar-refractivity contribution in [1.29, 1.82) is 0 Å². The molecular weight excluding hydrogens is 356 g/mol. The third-order valence-electron chi connectivity index (χ3n) is 4.92. The minimum atomic E-state index is -0.465. The van der Waals surface area contributed by atoms with E-state index in [0.717, 1.165) is 17.7 Å². The Kier molecular flexibility index (Phi) is 6.56. The van der Waals surface area contributed by atoms with Crippen molar-refractivity contribution < 1.29 is 9.59 Å². The molecule has 5 heteroatoms. The normalized spacial score (nSPS) is 15.3. The van der Waals surface area contributed by atoms with Crippen molar-refractivity contribution in [2.24, 2.45) is 0 Å². The lowest BCUT2D eigenvalue weighted by Gasteiger charge is -2.28. The fraction of sp³-hybridized carbons (Fsp3) is 0.364. The van der Waals surface area contributed by atoms with Gasteiger partial charge in [-0.25, -0.2) is 0 Å². The highest BCUT2D eigenvalue weighted by Gasteiger charge is 2.36. The third-order valence-corrected chi connectivity index (χ3v) is 6.01. The van der Waals surface area contributed by atoms with Gasteiger partial charge in [0.25, 0.3) is 5.91 Å². The molecule has 2 amide bonds. The number of fused-ring (bicyclic) bond motifs is 1. The number of hydrogen-bond donors (Lipinski definition) is 1. The monoisotopic (exact) mass is 382 g/mol. The highest BCUT2D eigenvalue weighted by Crippen LogP contribution is 2.26. The summed E-state index contributed by atoms with van der Waals surface area (Å²) in [6, 6.07) is 17.4. The van der Waals surface area contributed by atoms with Gasteiger partial charge in [0.05, 0.1) is 0 Å². The van der Waals surface area contributed by atoms with Crippen molar-refractivity contribution in [1.82, 2.24) is 10.2 Å². The average Bonchev–Trinajstić information content (AvgIpc) is 3.02. The molecule has 2 aromatic carbocycles. The zero-order chi connectivity index (χ0) is 19.2. The maximum atomic E-state index is 12.9. The van der Waals surface area contributed by atoms with Crippen LogP contribution in [0.3, 0.4) is 0 Å². The van der Waals surface area contributed by atoms with Crippen LogP contribution < -0.4 is 5.32 Å². The first-order chi connectivity index (χ1) is 13.1. The lowest BCUT2D eigenvalue weighted by Crippen LogP contribution is -2.50. The molecule has 1 aliphatic heterocycles. The molecule has 4 nitrogen and oxygen atoms in total. The summed E-state index contributed by atoms with van der Waals surface area (Å²) in [5.74, 6) is 1.29. The SMILES string of the molecule is CC[C@H](C)NC(=O)[C@H](CSCc1ccccc1)N1Cc2ccccc2C1=O. The van der Waals surface area contributed by atoms with E-state index in [2.05, 4.69) is 17.4 Å². The molecule has 0 saturated heterocycles. The number of carbonyl (C=O) groups excluding carboxylic acids is 2. The Labute approximate surface area is 165 Å². The minimum absolute atomic E-state index is 0.0461. The van der Waals surface area contributed by atoms with Crippen LogP contribution in [-0.4, -0.2) is 34.6 Å². The van der Waals surface area contributed by atoms with Gasteiger partial charge < -0.3 is 10.2 Å². The number of amides is 2. The second-order valence-electron chi connectivity index (χ2n) is 6.92. The summed E-state index contributed by atoms with van der Waals surface area (Å²) in [5, 5.41) is 3.06. The van der Waals surface area contributed by atoms with E-state index < -0.39 is 6.04 Å². The Balaban J connectivity index is 1.72. The Morgan fingerprint density at radius 1 is 1.15 bits per heavy atom. The molecule has 27 heavy (non-hydrogen) atoms. The molecule has 0 aromatic heterocycles. The van der Waals surface area contributed by atoms with Crippen molar-refractivity contribution in [3.8, 4) is 0 Å². The molecule has 0 spiro atoms. The molecule has 1 heterocycles. The minimum Gasteiger partial charge on any atom is -0.352 e. The summed E-state index contributed by atoms with van der Waals surface area (Å²) in [7, 11) is 0. The van der Waals surface area contributed by atoms with Gasteiger partial charge in [-0.05, 0) is 30.5 Å². The molecule has 0 fully saturated rings. The Bertz CT molecular complexity index is 794. The summed E-state index contributed by atoms with van der Waals surface area (Å²) in [5.41, 5.74) is 2.93. The van der Waals surface area contributed by atoms with Crippen LogP contribution >= 0.6 is 11.8 Å². The maximum Gasteiger partial charge on any atom is 0.255 e. The van der Waals surface area contributed by atoms with Crippen LogP contribution in [0.1, 0.15) is 41.8 Å². The van der Waals surface area contributed by atoms with Crippen LogP contribution in [0.2, 0.25) is 0 Å². The first-order valence-electron chi connectivity index (χ1n) is 9.41. The summed E-state index contributed by atoms with van der Waals surface area (Å²) >= 11 is 1.69. The third kappa shape index (κ3) is 4.72. The van der Waals surface area contributed by atoms with E-state index >= 15 is 0 Å². The van der Waals surface area contributed by atoms with Crippen LogP contribution in [0.5, 0.6) is 0 Å².